The van der Waals surface area contributed by atoms with Crippen LogP contribution in [0.4, 0.5) is 0 Å². The molecule has 1 atom stereocenters. The maximum atomic E-state index is 12.3. The van der Waals surface area contributed by atoms with E-state index in [2.05, 4.69) is 11.8 Å². The Morgan fingerprint density at radius 1 is 1.33 bits per heavy atom. The van der Waals surface area contributed by atoms with Crippen molar-refractivity contribution in [2.45, 2.75) is 70.3 Å². The third-order valence-corrected chi connectivity index (χ3v) is 4.97. The fraction of sp³-hybridized carbons (Fsp3) is 0.933. The van der Waals surface area contributed by atoms with Crippen molar-refractivity contribution in [3.8, 4) is 0 Å². The summed E-state index contributed by atoms with van der Waals surface area (Å²) >= 11 is 0. The Morgan fingerprint density at radius 2 is 2.11 bits per heavy atom. The van der Waals surface area contributed by atoms with Gasteiger partial charge in [-0.05, 0) is 44.9 Å². The molecule has 104 valence electrons. The summed E-state index contributed by atoms with van der Waals surface area (Å²) in [5, 5.41) is 0. The zero-order valence-corrected chi connectivity index (χ0v) is 11.8. The Kier molecular flexibility index (Phi) is 4.66. The number of amides is 1. The molecule has 1 aliphatic heterocycles. The second-order valence-electron chi connectivity index (χ2n) is 6.39. The van der Waals surface area contributed by atoms with Crippen molar-refractivity contribution in [3.05, 3.63) is 0 Å². The van der Waals surface area contributed by atoms with E-state index in [1.54, 1.807) is 0 Å². The van der Waals surface area contributed by atoms with Gasteiger partial charge in [-0.3, -0.25) is 4.79 Å². The Morgan fingerprint density at radius 3 is 2.72 bits per heavy atom. The highest BCUT2D eigenvalue weighted by atomic mass is 16.2. The topological polar surface area (TPSA) is 46.3 Å². The summed E-state index contributed by atoms with van der Waals surface area (Å²) in [6, 6.07) is 0. The first-order chi connectivity index (χ1) is 8.65. The van der Waals surface area contributed by atoms with Gasteiger partial charge in [-0.25, -0.2) is 0 Å². The van der Waals surface area contributed by atoms with E-state index in [4.69, 9.17) is 5.73 Å². The van der Waals surface area contributed by atoms with Gasteiger partial charge in [0.25, 0.3) is 0 Å². The van der Waals surface area contributed by atoms with E-state index in [1.165, 1.54) is 32.1 Å². The number of nitrogens with two attached hydrogens (primary N) is 1. The Bertz CT molecular complexity index is 288. The zero-order chi connectivity index (χ0) is 13.0. The summed E-state index contributed by atoms with van der Waals surface area (Å²) in [6.07, 6.45) is 10.6. The number of rotatable bonds is 5. The van der Waals surface area contributed by atoms with E-state index in [0.717, 1.165) is 38.1 Å². The van der Waals surface area contributed by atoms with Gasteiger partial charge in [0.05, 0.1) is 5.54 Å². The molecule has 1 unspecified atom stereocenters. The summed E-state index contributed by atoms with van der Waals surface area (Å²) < 4.78 is 0. The van der Waals surface area contributed by atoms with Crippen molar-refractivity contribution in [1.29, 1.82) is 0 Å². The second kappa shape index (κ2) is 6.05. The molecule has 0 spiro atoms. The molecule has 3 heteroatoms. The standard InChI is InChI=1S/C15H28N2O/c1-15(12-16)10-2-3-11-17(15)14(18)9-5-8-13-6-4-7-13/h13H,2-12,16H2,1H3. The highest BCUT2D eigenvalue weighted by Gasteiger charge is 2.35. The molecule has 2 rings (SSSR count). The summed E-state index contributed by atoms with van der Waals surface area (Å²) in [7, 11) is 0. The van der Waals surface area contributed by atoms with E-state index in [9.17, 15) is 4.79 Å². The minimum absolute atomic E-state index is 0.0776. The predicted molar refractivity (Wildman–Crippen MR) is 74.2 cm³/mol. The smallest absolute Gasteiger partial charge is 0.223 e. The van der Waals surface area contributed by atoms with E-state index >= 15 is 0 Å². The molecule has 1 saturated heterocycles. The van der Waals surface area contributed by atoms with E-state index in [0.29, 0.717) is 12.5 Å². The lowest BCUT2D eigenvalue weighted by atomic mass is 9.81. The third kappa shape index (κ3) is 3.05. The van der Waals surface area contributed by atoms with Crippen molar-refractivity contribution >= 4 is 5.91 Å². The van der Waals surface area contributed by atoms with Crippen LogP contribution in [-0.4, -0.2) is 29.4 Å². The van der Waals surface area contributed by atoms with Gasteiger partial charge < -0.3 is 10.6 Å². The zero-order valence-electron chi connectivity index (χ0n) is 11.8. The normalized spacial score (nSPS) is 29.1. The molecule has 0 radical (unpaired) electrons. The monoisotopic (exact) mass is 252 g/mol. The molecular weight excluding hydrogens is 224 g/mol. The van der Waals surface area contributed by atoms with Crippen LogP contribution in [0.25, 0.3) is 0 Å². The van der Waals surface area contributed by atoms with Gasteiger partial charge >= 0.3 is 0 Å². The van der Waals surface area contributed by atoms with Gasteiger partial charge in [0, 0.05) is 19.5 Å². The largest absolute Gasteiger partial charge is 0.336 e. The lowest BCUT2D eigenvalue weighted by Gasteiger charge is -2.44. The first-order valence-electron chi connectivity index (χ1n) is 7.66. The molecule has 1 amide bonds. The van der Waals surface area contributed by atoms with Gasteiger partial charge in [0.1, 0.15) is 0 Å². The summed E-state index contributed by atoms with van der Waals surface area (Å²) in [5.41, 5.74) is 5.80. The van der Waals surface area contributed by atoms with Crippen LogP contribution in [0, 0.1) is 5.92 Å². The van der Waals surface area contributed by atoms with Crippen LogP contribution in [0.2, 0.25) is 0 Å². The van der Waals surface area contributed by atoms with Crippen molar-refractivity contribution in [1.82, 2.24) is 4.90 Å². The molecule has 1 saturated carbocycles. The van der Waals surface area contributed by atoms with Crippen LogP contribution >= 0.6 is 0 Å². The highest BCUT2D eigenvalue weighted by Crippen LogP contribution is 2.32. The maximum absolute atomic E-state index is 12.3. The highest BCUT2D eigenvalue weighted by molar-refractivity contribution is 5.77. The van der Waals surface area contributed by atoms with Crippen LogP contribution in [0.5, 0.6) is 0 Å². The number of carbonyl (C=O) groups is 1. The Balaban J connectivity index is 1.78. The summed E-state index contributed by atoms with van der Waals surface area (Å²) in [6.45, 7) is 3.66. The van der Waals surface area contributed by atoms with Crippen LogP contribution < -0.4 is 5.73 Å². The molecule has 2 N–H and O–H groups in total. The molecule has 0 aromatic rings. The van der Waals surface area contributed by atoms with Crippen LogP contribution in [-0.2, 0) is 4.79 Å². The third-order valence-electron chi connectivity index (χ3n) is 4.97. The molecule has 3 nitrogen and oxygen atoms in total. The van der Waals surface area contributed by atoms with Gasteiger partial charge in [-0.15, -0.1) is 0 Å². The molecule has 2 fully saturated rings. The summed E-state index contributed by atoms with van der Waals surface area (Å²) in [5.74, 6) is 1.25. The van der Waals surface area contributed by atoms with Gasteiger partial charge in [0.15, 0.2) is 0 Å². The molecule has 1 heterocycles. The fourth-order valence-corrected chi connectivity index (χ4v) is 3.28. The number of hydrogen-bond acceptors (Lipinski definition) is 2. The first kappa shape index (κ1) is 13.9. The van der Waals surface area contributed by atoms with Crippen LogP contribution in [0.3, 0.4) is 0 Å². The number of hydrogen-bond donors (Lipinski definition) is 1. The maximum Gasteiger partial charge on any atom is 0.223 e. The average molecular weight is 252 g/mol. The minimum atomic E-state index is -0.0776. The Labute approximate surface area is 111 Å². The van der Waals surface area contributed by atoms with Crippen molar-refractivity contribution in [2.75, 3.05) is 13.1 Å². The quantitative estimate of drug-likeness (QED) is 0.817. The van der Waals surface area contributed by atoms with E-state index in [1.807, 2.05) is 0 Å². The number of carbonyl (C=O) groups excluding carboxylic acids is 1. The molecule has 0 aromatic carbocycles. The van der Waals surface area contributed by atoms with Crippen LogP contribution in [0.15, 0.2) is 0 Å². The molecule has 1 aliphatic carbocycles. The lowest BCUT2D eigenvalue weighted by molar-refractivity contribution is -0.139. The summed E-state index contributed by atoms with van der Waals surface area (Å²) in [4.78, 5) is 14.4. The lowest BCUT2D eigenvalue weighted by Crippen LogP contribution is -2.56. The Hall–Kier alpha value is -0.570. The molecule has 0 aromatic heterocycles. The average Bonchev–Trinajstić information content (AvgIpc) is 2.32. The molecule has 18 heavy (non-hydrogen) atoms. The molecule has 0 bridgehead atoms. The van der Waals surface area contributed by atoms with Gasteiger partial charge in [-0.2, -0.15) is 0 Å². The molecular formula is C15H28N2O. The van der Waals surface area contributed by atoms with Crippen molar-refractivity contribution in [2.24, 2.45) is 11.7 Å². The van der Waals surface area contributed by atoms with Crippen LogP contribution in [0.1, 0.15) is 64.7 Å². The van der Waals surface area contributed by atoms with Gasteiger partial charge in [0.2, 0.25) is 5.91 Å². The van der Waals surface area contributed by atoms with Crippen molar-refractivity contribution < 1.29 is 4.79 Å². The number of likely N-dealkylation sites (tertiary alicyclic amines) is 1. The minimum Gasteiger partial charge on any atom is -0.336 e. The number of piperidine rings is 1. The van der Waals surface area contributed by atoms with Gasteiger partial charge in [-0.1, -0.05) is 19.3 Å². The second-order valence-corrected chi connectivity index (χ2v) is 6.39. The van der Waals surface area contributed by atoms with Crippen molar-refractivity contribution in [3.63, 3.8) is 0 Å². The fourth-order valence-electron chi connectivity index (χ4n) is 3.28. The SMILES string of the molecule is CC1(CN)CCCCN1C(=O)CCCC1CCC1. The number of nitrogens with zero attached hydrogens (tertiary/aromatic N) is 1. The first-order valence-corrected chi connectivity index (χ1v) is 7.66. The molecule has 2 aliphatic rings. The predicted octanol–water partition coefficient (Wildman–Crippen LogP) is 2.69. The van der Waals surface area contributed by atoms with E-state index in [-0.39, 0.29) is 5.54 Å². The van der Waals surface area contributed by atoms with E-state index < -0.39 is 0 Å².